The Bertz CT molecular complexity index is 356. The molecule has 0 unspecified atom stereocenters. The lowest BCUT2D eigenvalue weighted by Gasteiger charge is -2.20. The van der Waals surface area contributed by atoms with E-state index in [2.05, 4.69) is 24.4 Å². The molecule has 1 fully saturated rings. The Morgan fingerprint density at radius 3 is 2.88 bits per heavy atom. The van der Waals surface area contributed by atoms with Crippen LogP contribution >= 0.6 is 11.3 Å². The summed E-state index contributed by atoms with van der Waals surface area (Å²) in [6.07, 6.45) is 1.71. The van der Waals surface area contributed by atoms with Crippen LogP contribution in [0.15, 0.2) is 12.1 Å². The summed E-state index contributed by atoms with van der Waals surface area (Å²) < 4.78 is 5.24. The number of thiophene rings is 1. The van der Waals surface area contributed by atoms with Gasteiger partial charge in [0.15, 0.2) is 0 Å². The predicted molar refractivity (Wildman–Crippen MR) is 64.4 cm³/mol. The number of carbonyl (C=O) groups excluding carboxylic acids is 1. The average molecular weight is 239 g/mol. The van der Waals surface area contributed by atoms with Gasteiger partial charge in [-0.1, -0.05) is 0 Å². The van der Waals surface area contributed by atoms with Crippen molar-refractivity contribution >= 4 is 17.2 Å². The van der Waals surface area contributed by atoms with Crippen LogP contribution in [0.4, 0.5) is 0 Å². The molecule has 3 nitrogen and oxygen atoms in total. The lowest BCUT2D eigenvalue weighted by Crippen LogP contribution is -2.33. The first-order valence-corrected chi connectivity index (χ1v) is 6.48. The molecule has 1 saturated heterocycles. The minimum absolute atomic E-state index is 0.148. The zero-order valence-corrected chi connectivity index (χ0v) is 10.3. The third-order valence-corrected chi connectivity index (χ3v) is 3.83. The summed E-state index contributed by atoms with van der Waals surface area (Å²) in [6, 6.07) is 4.16. The van der Waals surface area contributed by atoms with Gasteiger partial charge in [0.05, 0.1) is 6.54 Å². The second kappa shape index (κ2) is 5.46. The molecule has 1 aromatic heterocycles. The van der Waals surface area contributed by atoms with Gasteiger partial charge in [-0.25, -0.2) is 0 Å². The number of ether oxygens (including phenoxy) is 1. The van der Waals surface area contributed by atoms with Crippen molar-refractivity contribution in [1.82, 2.24) is 5.32 Å². The highest BCUT2D eigenvalue weighted by molar-refractivity contribution is 7.11. The molecule has 0 aromatic carbocycles. The van der Waals surface area contributed by atoms with E-state index in [1.807, 2.05) is 0 Å². The Morgan fingerprint density at radius 2 is 2.25 bits per heavy atom. The van der Waals surface area contributed by atoms with Gasteiger partial charge in [-0.3, -0.25) is 4.79 Å². The van der Waals surface area contributed by atoms with E-state index in [-0.39, 0.29) is 11.8 Å². The van der Waals surface area contributed by atoms with Crippen molar-refractivity contribution in [3.63, 3.8) is 0 Å². The lowest BCUT2D eigenvalue weighted by molar-refractivity contribution is -0.127. The third-order valence-electron chi connectivity index (χ3n) is 2.82. The quantitative estimate of drug-likeness (QED) is 0.877. The van der Waals surface area contributed by atoms with Gasteiger partial charge in [-0.15, -0.1) is 11.3 Å². The van der Waals surface area contributed by atoms with E-state index in [9.17, 15) is 4.79 Å². The summed E-state index contributed by atoms with van der Waals surface area (Å²) in [5, 5.41) is 3.00. The van der Waals surface area contributed by atoms with E-state index < -0.39 is 0 Å². The number of carbonyl (C=O) groups is 1. The highest BCUT2D eigenvalue weighted by Gasteiger charge is 2.21. The fourth-order valence-electron chi connectivity index (χ4n) is 1.86. The highest BCUT2D eigenvalue weighted by atomic mass is 32.1. The fraction of sp³-hybridized carbons (Fsp3) is 0.583. The van der Waals surface area contributed by atoms with E-state index in [1.54, 1.807) is 11.3 Å². The van der Waals surface area contributed by atoms with Gasteiger partial charge in [-0.2, -0.15) is 0 Å². The first kappa shape index (κ1) is 11.6. The van der Waals surface area contributed by atoms with Crippen molar-refractivity contribution in [1.29, 1.82) is 0 Å². The molecule has 1 amide bonds. The summed E-state index contributed by atoms with van der Waals surface area (Å²) in [6.45, 7) is 4.18. The lowest BCUT2D eigenvalue weighted by atomic mass is 9.99. The molecule has 2 heterocycles. The first-order chi connectivity index (χ1) is 7.75. The molecule has 0 atom stereocenters. The molecule has 0 spiro atoms. The number of aryl methyl sites for hydroxylation is 1. The van der Waals surface area contributed by atoms with Crippen molar-refractivity contribution in [3.05, 3.63) is 21.9 Å². The summed E-state index contributed by atoms with van der Waals surface area (Å²) in [7, 11) is 0. The smallest absolute Gasteiger partial charge is 0.223 e. The van der Waals surface area contributed by atoms with Gasteiger partial charge in [0, 0.05) is 28.9 Å². The number of rotatable bonds is 3. The molecular weight excluding hydrogens is 222 g/mol. The molecule has 0 aliphatic carbocycles. The van der Waals surface area contributed by atoms with Crippen LogP contribution < -0.4 is 5.32 Å². The maximum atomic E-state index is 11.8. The van der Waals surface area contributed by atoms with Crippen LogP contribution in [0.1, 0.15) is 22.6 Å². The van der Waals surface area contributed by atoms with Crippen molar-refractivity contribution in [3.8, 4) is 0 Å². The van der Waals surface area contributed by atoms with Gasteiger partial charge in [0.2, 0.25) is 5.91 Å². The molecule has 0 radical (unpaired) electrons. The van der Waals surface area contributed by atoms with Crippen molar-refractivity contribution in [2.45, 2.75) is 26.3 Å². The summed E-state index contributed by atoms with van der Waals surface area (Å²) in [4.78, 5) is 14.3. The number of nitrogens with one attached hydrogen (secondary N) is 1. The second-order valence-corrected chi connectivity index (χ2v) is 5.49. The predicted octanol–water partition coefficient (Wildman–Crippen LogP) is 2.10. The normalized spacial score (nSPS) is 17.3. The Morgan fingerprint density at radius 1 is 1.50 bits per heavy atom. The van der Waals surface area contributed by atoms with Gasteiger partial charge in [0.25, 0.3) is 0 Å². The molecule has 88 valence electrons. The Labute approximate surface area is 99.8 Å². The van der Waals surface area contributed by atoms with Gasteiger partial charge in [0.1, 0.15) is 0 Å². The second-order valence-electron chi connectivity index (χ2n) is 4.12. The van der Waals surface area contributed by atoms with Gasteiger partial charge < -0.3 is 10.1 Å². The molecule has 0 saturated carbocycles. The molecule has 0 bridgehead atoms. The van der Waals surface area contributed by atoms with Crippen LogP contribution in [0, 0.1) is 12.8 Å². The van der Waals surface area contributed by atoms with Crippen molar-refractivity contribution < 1.29 is 9.53 Å². The molecule has 1 aliphatic rings. The van der Waals surface area contributed by atoms with Gasteiger partial charge in [-0.05, 0) is 31.9 Å². The average Bonchev–Trinajstić information content (AvgIpc) is 2.73. The third kappa shape index (κ3) is 3.06. The number of hydrogen-bond donors (Lipinski definition) is 1. The number of hydrogen-bond acceptors (Lipinski definition) is 3. The first-order valence-electron chi connectivity index (χ1n) is 5.66. The van der Waals surface area contributed by atoms with Crippen LogP contribution in [0.25, 0.3) is 0 Å². The maximum Gasteiger partial charge on any atom is 0.223 e. The van der Waals surface area contributed by atoms with E-state index in [4.69, 9.17) is 4.74 Å². The molecular formula is C12H17NO2S. The molecule has 1 aromatic rings. The topological polar surface area (TPSA) is 38.3 Å². The molecule has 1 N–H and O–H groups in total. The zero-order chi connectivity index (χ0) is 11.4. The van der Waals surface area contributed by atoms with Crippen LogP contribution in [0.5, 0.6) is 0 Å². The van der Waals surface area contributed by atoms with Crippen molar-refractivity contribution in [2.24, 2.45) is 5.92 Å². The highest BCUT2D eigenvalue weighted by Crippen LogP contribution is 2.17. The van der Waals surface area contributed by atoms with Crippen LogP contribution in [-0.4, -0.2) is 19.1 Å². The maximum absolute atomic E-state index is 11.8. The number of amides is 1. The summed E-state index contributed by atoms with van der Waals surface area (Å²) in [5.41, 5.74) is 0. The van der Waals surface area contributed by atoms with E-state index in [0.717, 1.165) is 26.1 Å². The molecule has 1 aliphatic heterocycles. The van der Waals surface area contributed by atoms with Crippen LogP contribution in [0.3, 0.4) is 0 Å². The standard InChI is InChI=1S/C12H17NO2S/c1-9-2-3-11(16-9)8-13-12(14)10-4-6-15-7-5-10/h2-3,10H,4-8H2,1H3,(H,13,14). The van der Waals surface area contributed by atoms with E-state index in [1.165, 1.54) is 9.75 Å². The summed E-state index contributed by atoms with van der Waals surface area (Å²) in [5.74, 6) is 0.323. The minimum Gasteiger partial charge on any atom is -0.381 e. The Hall–Kier alpha value is -0.870. The zero-order valence-electron chi connectivity index (χ0n) is 9.49. The van der Waals surface area contributed by atoms with E-state index >= 15 is 0 Å². The summed E-state index contributed by atoms with van der Waals surface area (Å²) >= 11 is 1.74. The van der Waals surface area contributed by atoms with Gasteiger partial charge >= 0.3 is 0 Å². The Balaban J connectivity index is 1.78. The van der Waals surface area contributed by atoms with Crippen LogP contribution in [-0.2, 0) is 16.1 Å². The molecule has 2 rings (SSSR count). The van der Waals surface area contributed by atoms with Crippen molar-refractivity contribution in [2.75, 3.05) is 13.2 Å². The fourth-order valence-corrected chi connectivity index (χ4v) is 2.69. The Kier molecular flexibility index (Phi) is 3.96. The van der Waals surface area contributed by atoms with E-state index in [0.29, 0.717) is 6.54 Å². The van der Waals surface area contributed by atoms with Crippen LogP contribution in [0.2, 0.25) is 0 Å². The largest absolute Gasteiger partial charge is 0.381 e. The SMILES string of the molecule is Cc1ccc(CNC(=O)C2CCOCC2)s1. The monoisotopic (exact) mass is 239 g/mol. The molecule has 16 heavy (non-hydrogen) atoms. The molecule has 4 heteroatoms. The minimum atomic E-state index is 0.148.